The Balaban J connectivity index is 1.53. The van der Waals surface area contributed by atoms with E-state index >= 15 is 0 Å². The molecule has 2 N–H and O–H groups in total. The molecule has 1 aromatic heterocycles. The van der Waals surface area contributed by atoms with Crippen molar-refractivity contribution in [3.8, 4) is 0 Å². The van der Waals surface area contributed by atoms with Gasteiger partial charge in [-0.3, -0.25) is 4.90 Å². The van der Waals surface area contributed by atoms with E-state index in [0.29, 0.717) is 28.0 Å². The number of hydrogen-bond acceptors (Lipinski definition) is 6. The van der Waals surface area contributed by atoms with Crippen LogP contribution in [-0.2, 0) is 4.74 Å². The molecule has 0 saturated carbocycles. The van der Waals surface area contributed by atoms with Crippen LogP contribution in [0.5, 0.6) is 0 Å². The van der Waals surface area contributed by atoms with E-state index in [1.54, 1.807) is 0 Å². The van der Waals surface area contributed by atoms with E-state index in [0.717, 1.165) is 58.3 Å². The molecule has 9 heteroatoms. The summed E-state index contributed by atoms with van der Waals surface area (Å²) in [5, 5.41) is 7.21. The molecule has 0 spiro atoms. The largest absolute Gasteiger partial charge is 0.379 e. The van der Waals surface area contributed by atoms with Gasteiger partial charge in [0.1, 0.15) is 11.0 Å². The second-order valence-corrected chi connectivity index (χ2v) is 8.35. The molecule has 0 unspecified atom stereocenters. The Hall–Kier alpha value is -1.22. The standard InChI is InChI=1S/C18H29ClN6OS/c1-13-9-14(2)12-25(11-13)16-10-15(19)21-17(22-16)23-18(27)20-3-4-24-5-7-26-8-6-24/h10,13-14H,3-9,11-12H2,1-2H3,(H2,20,21,22,23,27)/t13-,14+. The number of piperidine rings is 1. The highest BCUT2D eigenvalue weighted by atomic mass is 35.5. The zero-order chi connectivity index (χ0) is 19.2. The Kier molecular flexibility index (Phi) is 7.46. The maximum Gasteiger partial charge on any atom is 0.232 e. The Bertz CT molecular complexity index is 632. The van der Waals surface area contributed by atoms with Crippen LogP contribution in [0.2, 0.25) is 5.15 Å². The molecule has 2 atom stereocenters. The number of anilines is 2. The molecular weight excluding hydrogens is 384 g/mol. The van der Waals surface area contributed by atoms with Crippen LogP contribution in [0.1, 0.15) is 20.3 Å². The molecule has 2 aliphatic heterocycles. The van der Waals surface area contributed by atoms with E-state index in [4.69, 9.17) is 28.6 Å². The summed E-state index contributed by atoms with van der Waals surface area (Å²) in [7, 11) is 0. The molecule has 3 rings (SSSR count). The number of nitrogens with zero attached hydrogens (tertiary/aromatic N) is 4. The van der Waals surface area contributed by atoms with Gasteiger partial charge in [0, 0.05) is 45.3 Å². The number of ether oxygens (including phenoxy) is 1. The summed E-state index contributed by atoms with van der Waals surface area (Å²) < 4.78 is 5.36. The fraction of sp³-hybridized carbons (Fsp3) is 0.722. The number of nitrogens with one attached hydrogen (secondary N) is 2. The van der Waals surface area contributed by atoms with Gasteiger partial charge in [-0.25, -0.2) is 4.98 Å². The first-order chi connectivity index (χ1) is 13.0. The van der Waals surface area contributed by atoms with Crippen LogP contribution in [0.4, 0.5) is 11.8 Å². The topological polar surface area (TPSA) is 65.6 Å². The van der Waals surface area contributed by atoms with Crippen molar-refractivity contribution in [2.75, 3.05) is 62.7 Å². The third-order valence-corrected chi connectivity index (χ3v) is 5.36. The molecule has 0 radical (unpaired) electrons. The van der Waals surface area contributed by atoms with Crippen molar-refractivity contribution in [1.82, 2.24) is 20.2 Å². The van der Waals surface area contributed by atoms with Gasteiger partial charge in [0.2, 0.25) is 5.95 Å². The van der Waals surface area contributed by atoms with Crippen molar-refractivity contribution in [3.63, 3.8) is 0 Å². The van der Waals surface area contributed by atoms with E-state index in [1.165, 1.54) is 6.42 Å². The first-order valence-corrected chi connectivity index (χ1v) is 10.4. The monoisotopic (exact) mass is 412 g/mol. The zero-order valence-electron chi connectivity index (χ0n) is 16.1. The number of aromatic nitrogens is 2. The van der Waals surface area contributed by atoms with Crippen LogP contribution in [0.3, 0.4) is 0 Å². The second kappa shape index (κ2) is 9.82. The number of hydrogen-bond donors (Lipinski definition) is 2. The van der Waals surface area contributed by atoms with Crippen molar-refractivity contribution in [2.24, 2.45) is 11.8 Å². The Morgan fingerprint density at radius 2 is 1.96 bits per heavy atom. The van der Waals surface area contributed by atoms with E-state index < -0.39 is 0 Å². The summed E-state index contributed by atoms with van der Waals surface area (Å²) in [5.41, 5.74) is 0. The normalized spacial score (nSPS) is 23.9. The van der Waals surface area contributed by atoms with Gasteiger partial charge in [-0.1, -0.05) is 25.4 Å². The van der Waals surface area contributed by atoms with Crippen molar-refractivity contribution in [1.29, 1.82) is 0 Å². The lowest BCUT2D eigenvalue weighted by Crippen LogP contribution is -2.42. The predicted molar refractivity (Wildman–Crippen MR) is 114 cm³/mol. The molecule has 2 fully saturated rings. The van der Waals surface area contributed by atoms with Crippen LogP contribution in [0, 0.1) is 11.8 Å². The van der Waals surface area contributed by atoms with Gasteiger partial charge in [0.05, 0.1) is 13.2 Å². The fourth-order valence-electron chi connectivity index (χ4n) is 3.77. The van der Waals surface area contributed by atoms with Gasteiger partial charge < -0.3 is 20.3 Å². The van der Waals surface area contributed by atoms with Crippen molar-refractivity contribution >= 4 is 40.7 Å². The molecule has 0 aliphatic carbocycles. The number of thiocarbonyl (C=S) groups is 1. The minimum Gasteiger partial charge on any atom is -0.379 e. The van der Waals surface area contributed by atoms with Gasteiger partial charge >= 0.3 is 0 Å². The molecule has 1 aromatic rings. The number of rotatable bonds is 5. The summed E-state index contributed by atoms with van der Waals surface area (Å²) in [6, 6.07) is 1.83. The fourth-order valence-corrected chi connectivity index (χ4v) is 4.14. The summed E-state index contributed by atoms with van der Waals surface area (Å²) >= 11 is 11.6. The Morgan fingerprint density at radius 1 is 1.26 bits per heavy atom. The number of halogens is 1. The molecule has 0 aromatic carbocycles. The molecule has 3 heterocycles. The molecule has 150 valence electrons. The lowest BCUT2D eigenvalue weighted by atomic mass is 9.92. The molecule has 2 aliphatic rings. The lowest BCUT2D eigenvalue weighted by molar-refractivity contribution is 0.0389. The summed E-state index contributed by atoms with van der Waals surface area (Å²) in [4.78, 5) is 13.5. The van der Waals surface area contributed by atoms with Gasteiger partial charge in [-0.05, 0) is 30.5 Å². The van der Waals surface area contributed by atoms with Gasteiger partial charge in [-0.2, -0.15) is 4.98 Å². The number of morpholine rings is 1. The van der Waals surface area contributed by atoms with Crippen LogP contribution < -0.4 is 15.5 Å². The Labute approximate surface area is 171 Å². The molecule has 0 bridgehead atoms. The lowest BCUT2D eigenvalue weighted by Gasteiger charge is -2.35. The average molecular weight is 413 g/mol. The smallest absolute Gasteiger partial charge is 0.232 e. The average Bonchev–Trinajstić information content (AvgIpc) is 2.61. The first kappa shape index (κ1) is 20.5. The molecule has 2 saturated heterocycles. The summed E-state index contributed by atoms with van der Waals surface area (Å²) in [5.74, 6) is 2.57. The predicted octanol–water partition coefficient (Wildman–Crippen LogP) is 2.23. The minimum atomic E-state index is 0.421. The summed E-state index contributed by atoms with van der Waals surface area (Å²) in [6.45, 7) is 11.8. The van der Waals surface area contributed by atoms with Crippen LogP contribution in [0.25, 0.3) is 0 Å². The first-order valence-electron chi connectivity index (χ1n) is 9.64. The highest BCUT2D eigenvalue weighted by molar-refractivity contribution is 7.80. The van der Waals surface area contributed by atoms with Crippen LogP contribution in [-0.4, -0.2) is 72.5 Å². The summed E-state index contributed by atoms with van der Waals surface area (Å²) in [6.07, 6.45) is 1.25. The highest BCUT2D eigenvalue weighted by Crippen LogP contribution is 2.26. The van der Waals surface area contributed by atoms with Gasteiger partial charge in [0.25, 0.3) is 0 Å². The molecule has 0 amide bonds. The van der Waals surface area contributed by atoms with Crippen molar-refractivity contribution in [2.45, 2.75) is 20.3 Å². The van der Waals surface area contributed by atoms with E-state index in [9.17, 15) is 0 Å². The minimum absolute atomic E-state index is 0.421. The SMILES string of the molecule is C[C@@H]1C[C@H](C)CN(c2cc(Cl)nc(NC(=S)NCCN3CCOCC3)n2)C1. The molecule has 7 nitrogen and oxygen atoms in total. The highest BCUT2D eigenvalue weighted by Gasteiger charge is 2.23. The Morgan fingerprint density at radius 3 is 2.67 bits per heavy atom. The van der Waals surface area contributed by atoms with Gasteiger partial charge in [0.15, 0.2) is 5.11 Å². The third-order valence-electron chi connectivity index (χ3n) is 4.92. The maximum absolute atomic E-state index is 6.23. The van der Waals surface area contributed by atoms with E-state index in [1.807, 2.05) is 6.07 Å². The van der Waals surface area contributed by atoms with Crippen molar-refractivity contribution in [3.05, 3.63) is 11.2 Å². The van der Waals surface area contributed by atoms with E-state index in [-0.39, 0.29) is 0 Å². The zero-order valence-corrected chi connectivity index (χ0v) is 17.7. The quantitative estimate of drug-likeness (QED) is 0.563. The van der Waals surface area contributed by atoms with Crippen molar-refractivity contribution < 1.29 is 4.74 Å². The second-order valence-electron chi connectivity index (χ2n) is 7.56. The molecular formula is C18H29ClN6OS. The molecule has 27 heavy (non-hydrogen) atoms. The van der Waals surface area contributed by atoms with Gasteiger partial charge in [-0.15, -0.1) is 0 Å². The third kappa shape index (κ3) is 6.41. The van der Waals surface area contributed by atoms with E-state index in [2.05, 4.69) is 44.2 Å². The van der Waals surface area contributed by atoms with Crippen LogP contribution >= 0.6 is 23.8 Å². The van der Waals surface area contributed by atoms with Crippen LogP contribution in [0.15, 0.2) is 6.07 Å². The maximum atomic E-state index is 6.23.